The molecule has 2 saturated carbocycles. The van der Waals surface area contributed by atoms with Gasteiger partial charge in [0.2, 0.25) is 23.5 Å². The van der Waals surface area contributed by atoms with Gasteiger partial charge >= 0.3 is 0 Å². The van der Waals surface area contributed by atoms with Crippen molar-refractivity contribution in [3.05, 3.63) is 34.9 Å². The van der Waals surface area contributed by atoms with E-state index in [1.54, 1.807) is 19.1 Å². The Morgan fingerprint density at radius 1 is 1.09 bits per heavy atom. The third-order valence-corrected chi connectivity index (χ3v) is 10.1. The van der Waals surface area contributed by atoms with E-state index in [0.29, 0.717) is 35.4 Å². The van der Waals surface area contributed by atoms with Crippen molar-refractivity contribution in [2.45, 2.75) is 117 Å². The fourth-order valence-electron chi connectivity index (χ4n) is 7.01. The monoisotopic (exact) mass is 668 g/mol. The standard InChI is InChI=1S/C36H49ClN4O6/c1-7-29(42)30(43)26(14-21-11-12-21)38-33(45)28-18-36(17-27(40-47-36)22-9-8-10-24(37)15-22)19-41(28)34(46)31(35(4,5)6)39-32(44)25-16-23(25)13-20(2)3/h8-10,15,20-21,23,25-26,28,31H,7,11-14,16-19H2,1-6H3,(H,38,45)(H,39,44)/t23-,25-,26+,28+,31-,36-/m1/s1. The number of carbonyl (C=O) groups is 5. The highest BCUT2D eigenvalue weighted by Crippen LogP contribution is 2.44. The second kappa shape index (κ2) is 13.7. The van der Waals surface area contributed by atoms with Crippen LogP contribution in [-0.4, -0.2) is 70.2 Å². The highest BCUT2D eigenvalue weighted by atomic mass is 35.5. The van der Waals surface area contributed by atoms with Gasteiger partial charge in [0.05, 0.1) is 18.3 Å². The summed E-state index contributed by atoms with van der Waals surface area (Å²) >= 11 is 6.24. The van der Waals surface area contributed by atoms with Crippen molar-refractivity contribution in [2.24, 2.45) is 34.2 Å². The third kappa shape index (κ3) is 8.24. The van der Waals surface area contributed by atoms with Crippen molar-refractivity contribution in [2.75, 3.05) is 6.54 Å². The predicted molar refractivity (Wildman–Crippen MR) is 179 cm³/mol. The lowest BCUT2D eigenvalue weighted by atomic mass is 9.85. The molecule has 1 saturated heterocycles. The Kier molecular flexibility index (Phi) is 10.2. The SMILES string of the molecule is CCC(=O)C(=O)[C@H](CC1CC1)NC(=O)[C@@H]1C[C@]2(CC(c3cccc(Cl)c3)=NO2)CN1C(=O)[C@@H](NC(=O)[C@@H]1C[C@H]1CC(C)C)C(C)(C)C. The van der Waals surface area contributed by atoms with E-state index in [0.717, 1.165) is 31.2 Å². The molecule has 2 heterocycles. The summed E-state index contributed by atoms with van der Waals surface area (Å²) < 4.78 is 0. The van der Waals surface area contributed by atoms with Crippen molar-refractivity contribution in [3.63, 3.8) is 0 Å². The number of carbonyl (C=O) groups excluding carboxylic acids is 5. The molecule has 1 spiro atoms. The number of likely N-dealkylation sites (tertiary alicyclic amines) is 1. The predicted octanol–water partition coefficient (Wildman–Crippen LogP) is 4.85. The van der Waals surface area contributed by atoms with Gasteiger partial charge in [-0.05, 0) is 54.6 Å². The number of halogens is 1. The molecule has 4 aliphatic rings. The van der Waals surface area contributed by atoms with E-state index in [1.165, 1.54) is 4.90 Å². The molecular formula is C36H49ClN4O6. The number of hydrogen-bond donors (Lipinski definition) is 2. The fourth-order valence-corrected chi connectivity index (χ4v) is 7.20. The number of hydrogen-bond acceptors (Lipinski definition) is 7. The van der Waals surface area contributed by atoms with Crippen LogP contribution in [0.1, 0.15) is 98.5 Å². The molecule has 0 unspecified atom stereocenters. The average molecular weight is 669 g/mol. The summed E-state index contributed by atoms with van der Waals surface area (Å²) in [6.45, 7) is 11.6. The molecule has 10 nitrogen and oxygen atoms in total. The zero-order chi connectivity index (χ0) is 34.3. The van der Waals surface area contributed by atoms with Gasteiger partial charge in [-0.2, -0.15) is 0 Å². The Balaban J connectivity index is 1.40. The van der Waals surface area contributed by atoms with Crippen LogP contribution in [-0.2, 0) is 28.8 Å². The maximum Gasteiger partial charge on any atom is 0.246 e. The van der Waals surface area contributed by atoms with Gasteiger partial charge in [0.1, 0.15) is 12.1 Å². The summed E-state index contributed by atoms with van der Waals surface area (Å²) in [5.41, 5.74) is -0.214. The molecule has 2 N–H and O–H groups in total. The molecule has 2 aliphatic heterocycles. The topological polar surface area (TPSA) is 134 Å². The van der Waals surface area contributed by atoms with Gasteiger partial charge in [0, 0.05) is 35.8 Å². The van der Waals surface area contributed by atoms with E-state index >= 15 is 0 Å². The fraction of sp³-hybridized carbons (Fsp3) is 0.667. The first-order valence-electron chi connectivity index (χ1n) is 17.1. The summed E-state index contributed by atoms with van der Waals surface area (Å²) in [5, 5.41) is 10.8. The van der Waals surface area contributed by atoms with Crippen LogP contribution in [0, 0.1) is 29.1 Å². The summed E-state index contributed by atoms with van der Waals surface area (Å²) in [7, 11) is 0. The highest BCUT2D eigenvalue weighted by molar-refractivity contribution is 6.39. The van der Waals surface area contributed by atoms with Crippen LogP contribution in [0.2, 0.25) is 5.02 Å². The van der Waals surface area contributed by atoms with Gasteiger partial charge < -0.3 is 20.4 Å². The lowest BCUT2D eigenvalue weighted by Gasteiger charge is -2.35. The molecule has 11 heteroatoms. The third-order valence-electron chi connectivity index (χ3n) is 9.91. The van der Waals surface area contributed by atoms with Gasteiger partial charge in [-0.25, -0.2) is 0 Å². The number of rotatable bonds is 13. The van der Waals surface area contributed by atoms with Crippen LogP contribution in [0.3, 0.4) is 0 Å². The van der Waals surface area contributed by atoms with Gasteiger partial charge in [0.25, 0.3) is 0 Å². The van der Waals surface area contributed by atoms with Gasteiger partial charge in [0.15, 0.2) is 11.4 Å². The van der Waals surface area contributed by atoms with Crippen LogP contribution >= 0.6 is 11.6 Å². The number of benzene rings is 1. The van der Waals surface area contributed by atoms with E-state index in [4.69, 9.17) is 16.4 Å². The zero-order valence-electron chi connectivity index (χ0n) is 28.4. The molecule has 2 aliphatic carbocycles. The van der Waals surface area contributed by atoms with Crippen LogP contribution in [0.4, 0.5) is 0 Å². The lowest BCUT2D eigenvalue weighted by molar-refractivity contribution is -0.145. The molecule has 6 atom stereocenters. The Labute approximate surface area is 282 Å². The van der Waals surface area contributed by atoms with Crippen LogP contribution in [0.15, 0.2) is 29.4 Å². The minimum absolute atomic E-state index is 0.0520. The van der Waals surface area contributed by atoms with Crippen molar-refractivity contribution in [3.8, 4) is 0 Å². The number of amides is 3. The molecule has 0 radical (unpaired) electrons. The number of nitrogens with one attached hydrogen (secondary N) is 2. The first kappa shape index (κ1) is 35.0. The second-order valence-corrected chi connectivity index (χ2v) is 16.0. The number of Topliss-reactive ketones (excluding diaryl/α,β-unsaturated/α-hetero) is 2. The Morgan fingerprint density at radius 2 is 1.81 bits per heavy atom. The molecule has 5 rings (SSSR count). The smallest absolute Gasteiger partial charge is 0.246 e. The van der Waals surface area contributed by atoms with Gasteiger partial charge in [-0.1, -0.05) is 83.3 Å². The van der Waals surface area contributed by atoms with Crippen molar-refractivity contribution >= 4 is 46.6 Å². The molecule has 1 aromatic carbocycles. The number of nitrogens with zero attached hydrogens (tertiary/aromatic N) is 2. The molecule has 1 aromatic rings. The summed E-state index contributed by atoms with van der Waals surface area (Å²) in [4.78, 5) is 75.1. The molecule has 3 amide bonds. The summed E-state index contributed by atoms with van der Waals surface area (Å²) in [6, 6.07) is 4.40. The van der Waals surface area contributed by atoms with E-state index in [2.05, 4.69) is 29.6 Å². The molecule has 256 valence electrons. The molecule has 47 heavy (non-hydrogen) atoms. The van der Waals surface area contributed by atoms with Crippen LogP contribution in [0.25, 0.3) is 0 Å². The molecule has 3 fully saturated rings. The first-order chi connectivity index (χ1) is 22.1. The Morgan fingerprint density at radius 3 is 2.43 bits per heavy atom. The minimum atomic E-state index is -1.00. The number of oxime groups is 1. The van der Waals surface area contributed by atoms with Crippen LogP contribution in [0.5, 0.6) is 0 Å². The lowest BCUT2D eigenvalue weighted by Crippen LogP contribution is -2.59. The minimum Gasteiger partial charge on any atom is -0.387 e. The normalized spacial score (nSPS) is 26.4. The van der Waals surface area contributed by atoms with Gasteiger partial charge in [-0.15, -0.1) is 0 Å². The summed E-state index contributed by atoms with van der Waals surface area (Å²) in [5.74, 6) is -1.26. The highest BCUT2D eigenvalue weighted by Gasteiger charge is 2.56. The summed E-state index contributed by atoms with van der Waals surface area (Å²) in [6.07, 6.45) is 4.56. The molecule has 0 aromatic heterocycles. The quantitative estimate of drug-likeness (QED) is 0.289. The Bertz CT molecular complexity index is 1450. The molecular weight excluding hydrogens is 620 g/mol. The average Bonchev–Trinajstić information content (AvgIpc) is 3.91. The van der Waals surface area contributed by atoms with Crippen molar-refractivity contribution < 1.29 is 28.8 Å². The maximum atomic E-state index is 14.5. The van der Waals surface area contributed by atoms with Crippen molar-refractivity contribution in [1.29, 1.82) is 0 Å². The van der Waals surface area contributed by atoms with E-state index in [-0.39, 0.29) is 37.1 Å². The first-order valence-corrected chi connectivity index (χ1v) is 17.5. The zero-order valence-corrected chi connectivity index (χ0v) is 29.2. The van der Waals surface area contributed by atoms with E-state index in [1.807, 2.05) is 32.9 Å². The second-order valence-electron chi connectivity index (χ2n) is 15.6. The Hall–Kier alpha value is -3.27. The largest absolute Gasteiger partial charge is 0.387 e. The van der Waals surface area contributed by atoms with Crippen molar-refractivity contribution in [1.82, 2.24) is 15.5 Å². The van der Waals surface area contributed by atoms with E-state index in [9.17, 15) is 24.0 Å². The maximum absolute atomic E-state index is 14.5. The van der Waals surface area contributed by atoms with E-state index < -0.39 is 52.5 Å². The number of ketones is 2. The van der Waals surface area contributed by atoms with Crippen LogP contribution < -0.4 is 10.6 Å². The molecule has 0 bridgehead atoms. The van der Waals surface area contributed by atoms with Gasteiger partial charge in [-0.3, -0.25) is 24.0 Å².